The fourth-order valence-corrected chi connectivity index (χ4v) is 5.41. The summed E-state index contributed by atoms with van der Waals surface area (Å²) in [6.07, 6.45) is 0. The number of aromatic amines is 1. The Bertz CT molecular complexity index is 1440. The maximum atomic E-state index is 13.7. The van der Waals surface area contributed by atoms with Crippen LogP contribution < -0.4 is 0 Å². The number of nitrogens with one attached hydrogen (secondary N) is 1. The molecule has 1 amide bonds. The van der Waals surface area contributed by atoms with Crippen molar-refractivity contribution in [1.82, 2.24) is 9.88 Å². The SMILES string of the molecule is O=C1c2ccccc2[C@H](c2c(-c3ccc(F)cc3)[nH]c3ccccc23)N1Cc1cccs1. The number of thiophene rings is 1. The van der Waals surface area contributed by atoms with Gasteiger partial charge in [-0.2, -0.15) is 0 Å². The number of fused-ring (bicyclic) bond motifs is 2. The number of hydrogen-bond acceptors (Lipinski definition) is 2. The van der Waals surface area contributed by atoms with E-state index in [1.165, 1.54) is 12.1 Å². The van der Waals surface area contributed by atoms with E-state index in [-0.39, 0.29) is 17.8 Å². The molecule has 0 bridgehead atoms. The molecule has 5 heteroatoms. The molecule has 0 aliphatic carbocycles. The fourth-order valence-electron chi connectivity index (χ4n) is 4.71. The molecule has 0 saturated carbocycles. The average molecular weight is 439 g/mol. The molecule has 3 aromatic carbocycles. The van der Waals surface area contributed by atoms with Crippen molar-refractivity contribution < 1.29 is 9.18 Å². The van der Waals surface area contributed by atoms with Crippen molar-refractivity contribution in [3.8, 4) is 11.3 Å². The van der Waals surface area contributed by atoms with E-state index in [4.69, 9.17) is 0 Å². The highest BCUT2D eigenvalue weighted by atomic mass is 32.1. The lowest BCUT2D eigenvalue weighted by Gasteiger charge is -2.26. The lowest BCUT2D eigenvalue weighted by molar-refractivity contribution is 0.0739. The van der Waals surface area contributed by atoms with Gasteiger partial charge in [0, 0.05) is 26.9 Å². The van der Waals surface area contributed by atoms with Crippen LogP contribution >= 0.6 is 11.3 Å². The van der Waals surface area contributed by atoms with Gasteiger partial charge in [0.2, 0.25) is 0 Å². The molecular weight excluding hydrogens is 419 g/mol. The van der Waals surface area contributed by atoms with Crippen LogP contribution in [0.4, 0.5) is 4.39 Å². The molecule has 0 unspecified atom stereocenters. The third-order valence-electron chi connectivity index (χ3n) is 6.12. The molecule has 2 aromatic heterocycles. The smallest absolute Gasteiger partial charge is 0.255 e. The summed E-state index contributed by atoms with van der Waals surface area (Å²) in [6.45, 7) is 0.540. The number of amides is 1. The van der Waals surface area contributed by atoms with Crippen molar-refractivity contribution in [2.24, 2.45) is 0 Å². The zero-order valence-electron chi connectivity index (χ0n) is 17.1. The van der Waals surface area contributed by atoms with Crippen LogP contribution in [-0.2, 0) is 6.54 Å². The van der Waals surface area contributed by atoms with Gasteiger partial charge in [-0.25, -0.2) is 4.39 Å². The largest absolute Gasteiger partial charge is 0.354 e. The summed E-state index contributed by atoms with van der Waals surface area (Å²) in [5, 5.41) is 3.10. The van der Waals surface area contributed by atoms with Crippen molar-refractivity contribution in [3.63, 3.8) is 0 Å². The third-order valence-corrected chi connectivity index (χ3v) is 6.98. The normalized spacial score (nSPS) is 15.5. The van der Waals surface area contributed by atoms with Crippen LogP contribution in [-0.4, -0.2) is 15.8 Å². The topological polar surface area (TPSA) is 36.1 Å². The molecule has 156 valence electrons. The molecule has 3 nitrogen and oxygen atoms in total. The fraction of sp³-hybridized carbons (Fsp3) is 0.0741. The van der Waals surface area contributed by atoms with Gasteiger partial charge in [0.15, 0.2) is 0 Å². The second kappa shape index (κ2) is 7.46. The Morgan fingerprint density at radius 2 is 1.69 bits per heavy atom. The Morgan fingerprint density at radius 3 is 2.50 bits per heavy atom. The first kappa shape index (κ1) is 19.0. The first-order valence-electron chi connectivity index (χ1n) is 10.5. The highest BCUT2D eigenvalue weighted by molar-refractivity contribution is 7.09. The number of rotatable bonds is 4. The number of halogens is 1. The number of carbonyl (C=O) groups excluding carboxylic acids is 1. The van der Waals surface area contributed by atoms with E-state index in [2.05, 4.69) is 17.1 Å². The first-order chi connectivity index (χ1) is 15.7. The van der Waals surface area contributed by atoms with Gasteiger partial charge in [-0.05, 0) is 59.0 Å². The molecule has 1 aliphatic heterocycles. The van der Waals surface area contributed by atoms with E-state index in [0.29, 0.717) is 6.54 Å². The molecule has 0 radical (unpaired) electrons. The third kappa shape index (κ3) is 2.97. The van der Waals surface area contributed by atoms with E-state index in [9.17, 15) is 9.18 Å². The summed E-state index contributed by atoms with van der Waals surface area (Å²) in [4.78, 5) is 20.2. The van der Waals surface area contributed by atoms with E-state index in [0.717, 1.165) is 43.7 Å². The predicted octanol–water partition coefficient (Wildman–Crippen LogP) is 6.78. The molecule has 5 aromatic rings. The molecule has 0 saturated heterocycles. The standard InChI is InChI=1S/C27H19FN2OS/c28-18-13-11-17(12-14-18)25-24(22-9-3-4-10-23(22)29-25)26-20-7-1-2-8-21(20)27(31)30(26)16-19-6-5-15-32-19/h1-15,26,29H,16H2/t26-/m1/s1. The molecule has 1 N–H and O–H groups in total. The number of H-pyrrole nitrogens is 1. The van der Waals surface area contributed by atoms with Gasteiger partial charge in [-0.3, -0.25) is 4.79 Å². The van der Waals surface area contributed by atoms with Gasteiger partial charge in [-0.15, -0.1) is 11.3 Å². The maximum absolute atomic E-state index is 13.7. The molecular formula is C27H19FN2OS. The number of hydrogen-bond donors (Lipinski definition) is 1. The van der Waals surface area contributed by atoms with E-state index >= 15 is 0 Å². The highest BCUT2D eigenvalue weighted by Gasteiger charge is 2.40. The zero-order chi connectivity index (χ0) is 21.7. The lowest BCUT2D eigenvalue weighted by Crippen LogP contribution is -2.28. The molecule has 0 fully saturated rings. The van der Waals surface area contributed by atoms with Gasteiger partial charge in [0.25, 0.3) is 5.91 Å². The van der Waals surface area contributed by atoms with Crippen molar-refractivity contribution in [3.05, 3.63) is 118 Å². The molecule has 6 rings (SSSR count). The van der Waals surface area contributed by atoms with Crippen LogP contribution in [0.1, 0.15) is 32.4 Å². The number of aromatic nitrogens is 1. The van der Waals surface area contributed by atoms with E-state index in [1.54, 1.807) is 23.5 Å². The second-order valence-corrected chi connectivity index (χ2v) is 9.00. The number of nitrogens with zero attached hydrogens (tertiary/aromatic N) is 1. The number of carbonyl (C=O) groups is 1. The van der Waals surface area contributed by atoms with Crippen molar-refractivity contribution in [1.29, 1.82) is 0 Å². The first-order valence-corrected chi connectivity index (χ1v) is 11.4. The van der Waals surface area contributed by atoms with Gasteiger partial charge in [0.05, 0.1) is 18.3 Å². The monoisotopic (exact) mass is 438 g/mol. The van der Waals surface area contributed by atoms with Crippen LogP contribution in [0.5, 0.6) is 0 Å². The van der Waals surface area contributed by atoms with Crippen molar-refractivity contribution in [2.75, 3.05) is 0 Å². The average Bonchev–Trinajstić information content (AvgIpc) is 3.53. The summed E-state index contributed by atoms with van der Waals surface area (Å²) in [6, 6.07) is 26.3. The van der Waals surface area contributed by atoms with E-state index < -0.39 is 0 Å². The Balaban J connectivity index is 1.61. The quantitative estimate of drug-likeness (QED) is 0.330. The van der Waals surface area contributed by atoms with Crippen molar-refractivity contribution >= 4 is 28.1 Å². The van der Waals surface area contributed by atoms with Crippen molar-refractivity contribution in [2.45, 2.75) is 12.6 Å². The van der Waals surface area contributed by atoms with Crippen LogP contribution in [0.2, 0.25) is 0 Å². The van der Waals surface area contributed by atoms with Crippen LogP contribution in [0, 0.1) is 5.82 Å². The molecule has 1 atom stereocenters. The second-order valence-electron chi connectivity index (χ2n) is 7.97. The summed E-state index contributed by atoms with van der Waals surface area (Å²) < 4.78 is 13.7. The maximum Gasteiger partial charge on any atom is 0.255 e. The summed E-state index contributed by atoms with van der Waals surface area (Å²) >= 11 is 1.65. The molecule has 3 heterocycles. The minimum Gasteiger partial charge on any atom is -0.354 e. The van der Waals surface area contributed by atoms with Crippen LogP contribution in [0.25, 0.3) is 22.2 Å². The Labute approximate surface area is 188 Å². The molecule has 0 spiro atoms. The van der Waals surface area contributed by atoms with Gasteiger partial charge in [0.1, 0.15) is 5.82 Å². The van der Waals surface area contributed by atoms with Gasteiger partial charge in [-0.1, -0.05) is 42.5 Å². The number of para-hydroxylation sites is 1. The minimum atomic E-state index is -0.271. The van der Waals surface area contributed by atoms with Gasteiger partial charge >= 0.3 is 0 Å². The van der Waals surface area contributed by atoms with Gasteiger partial charge < -0.3 is 9.88 Å². The Morgan fingerprint density at radius 1 is 0.906 bits per heavy atom. The lowest BCUT2D eigenvalue weighted by atomic mass is 9.93. The minimum absolute atomic E-state index is 0.0364. The van der Waals surface area contributed by atoms with E-state index in [1.807, 2.05) is 58.8 Å². The highest BCUT2D eigenvalue weighted by Crippen LogP contribution is 2.46. The molecule has 32 heavy (non-hydrogen) atoms. The predicted molar refractivity (Wildman–Crippen MR) is 126 cm³/mol. The Kier molecular flexibility index (Phi) is 4.44. The summed E-state index contributed by atoms with van der Waals surface area (Å²) in [5.41, 5.74) is 5.59. The number of benzene rings is 3. The Hall–Kier alpha value is -3.70. The zero-order valence-corrected chi connectivity index (χ0v) is 17.9. The van der Waals surface area contributed by atoms with Crippen LogP contribution in [0.3, 0.4) is 0 Å². The summed E-state index contributed by atoms with van der Waals surface area (Å²) in [5.74, 6) is -0.235. The molecule has 1 aliphatic rings. The summed E-state index contributed by atoms with van der Waals surface area (Å²) in [7, 11) is 0. The van der Waals surface area contributed by atoms with Crippen LogP contribution in [0.15, 0.2) is 90.3 Å².